The van der Waals surface area contributed by atoms with Crippen LogP contribution in [0.5, 0.6) is 5.75 Å². The van der Waals surface area contributed by atoms with E-state index < -0.39 is 6.10 Å². The van der Waals surface area contributed by atoms with Crippen LogP contribution in [0.25, 0.3) is 0 Å². The number of aliphatic hydroxyl groups is 1. The first kappa shape index (κ1) is 14.5. The van der Waals surface area contributed by atoms with Gasteiger partial charge in [0.2, 0.25) is 0 Å². The number of ether oxygens (including phenoxy) is 1. The molecule has 0 saturated heterocycles. The lowest BCUT2D eigenvalue weighted by Crippen LogP contribution is -2.03. The molecular weight excluding hydrogens is 307 g/mol. The molecular formula is C14H11Cl3O2. The van der Waals surface area contributed by atoms with Crippen molar-refractivity contribution in [2.45, 2.75) is 6.10 Å². The Morgan fingerprint density at radius 2 is 1.79 bits per heavy atom. The van der Waals surface area contributed by atoms with Gasteiger partial charge in [0.15, 0.2) is 0 Å². The molecule has 1 N–H and O–H groups in total. The smallest absolute Gasteiger partial charge is 0.125 e. The summed E-state index contributed by atoms with van der Waals surface area (Å²) in [5.74, 6) is 0.535. The van der Waals surface area contributed by atoms with Crippen molar-refractivity contribution < 1.29 is 9.84 Å². The Kier molecular flexibility index (Phi) is 4.58. The van der Waals surface area contributed by atoms with Gasteiger partial charge in [-0.15, -0.1) is 0 Å². The van der Waals surface area contributed by atoms with Crippen molar-refractivity contribution in [2.24, 2.45) is 0 Å². The summed E-state index contributed by atoms with van der Waals surface area (Å²) in [6, 6.07) is 10.1. The van der Waals surface area contributed by atoms with E-state index in [1.807, 2.05) is 0 Å². The van der Waals surface area contributed by atoms with E-state index in [1.165, 1.54) is 7.11 Å². The normalized spacial score (nSPS) is 12.3. The highest BCUT2D eigenvalue weighted by atomic mass is 35.5. The van der Waals surface area contributed by atoms with E-state index in [-0.39, 0.29) is 0 Å². The van der Waals surface area contributed by atoms with Crippen LogP contribution < -0.4 is 4.74 Å². The van der Waals surface area contributed by atoms with Crippen molar-refractivity contribution in [1.29, 1.82) is 0 Å². The van der Waals surface area contributed by atoms with E-state index in [2.05, 4.69) is 0 Å². The third-order valence-electron chi connectivity index (χ3n) is 2.76. The lowest BCUT2D eigenvalue weighted by atomic mass is 10.0. The zero-order valence-electron chi connectivity index (χ0n) is 10.0. The van der Waals surface area contributed by atoms with Crippen molar-refractivity contribution >= 4 is 34.8 Å². The van der Waals surface area contributed by atoms with Gasteiger partial charge in [-0.05, 0) is 24.3 Å². The third kappa shape index (κ3) is 2.98. The van der Waals surface area contributed by atoms with Gasteiger partial charge in [0.1, 0.15) is 11.9 Å². The van der Waals surface area contributed by atoms with E-state index >= 15 is 0 Å². The molecule has 1 atom stereocenters. The SMILES string of the molecule is COc1ccc(Cl)cc1C(O)c1cccc(Cl)c1Cl. The van der Waals surface area contributed by atoms with Crippen LogP contribution in [-0.4, -0.2) is 12.2 Å². The van der Waals surface area contributed by atoms with Crippen LogP contribution in [0.2, 0.25) is 15.1 Å². The van der Waals surface area contributed by atoms with Crippen LogP contribution in [-0.2, 0) is 0 Å². The molecule has 2 aromatic rings. The van der Waals surface area contributed by atoms with Crippen LogP contribution in [0.1, 0.15) is 17.2 Å². The number of hydrogen-bond acceptors (Lipinski definition) is 2. The molecule has 0 spiro atoms. The van der Waals surface area contributed by atoms with Crippen LogP contribution in [0.4, 0.5) is 0 Å². The first-order chi connectivity index (χ1) is 9.04. The van der Waals surface area contributed by atoms with Gasteiger partial charge in [-0.1, -0.05) is 46.9 Å². The molecule has 0 heterocycles. The minimum absolute atomic E-state index is 0.318. The van der Waals surface area contributed by atoms with Crippen molar-refractivity contribution in [3.05, 3.63) is 62.6 Å². The predicted octanol–water partition coefficient (Wildman–Crippen LogP) is 4.74. The molecule has 100 valence electrons. The number of rotatable bonds is 3. The summed E-state index contributed by atoms with van der Waals surface area (Å²) < 4.78 is 5.22. The summed E-state index contributed by atoms with van der Waals surface area (Å²) in [5, 5.41) is 11.7. The lowest BCUT2D eigenvalue weighted by Gasteiger charge is -2.17. The molecule has 0 saturated carbocycles. The molecule has 0 aliphatic rings. The topological polar surface area (TPSA) is 29.5 Å². The summed E-state index contributed by atoms with van der Waals surface area (Å²) >= 11 is 18.0. The van der Waals surface area contributed by atoms with Crippen LogP contribution >= 0.6 is 34.8 Å². The zero-order valence-corrected chi connectivity index (χ0v) is 12.3. The van der Waals surface area contributed by atoms with Gasteiger partial charge in [0.25, 0.3) is 0 Å². The summed E-state index contributed by atoms with van der Waals surface area (Å²) in [7, 11) is 1.53. The molecule has 0 amide bonds. The van der Waals surface area contributed by atoms with Gasteiger partial charge in [0, 0.05) is 16.1 Å². The Balaban J connectivity index is 2.52. The monoisotopic (exact) mass is 316 g/mol. The van der Waals surface area contributed by atoms with E-state index in [4.69, 9.17) is 39.5 Å². The second-order valence-electron chi connectivity index (χ2n) is 3.93. The number of halogens is 3. The first-order valence-electron chi connectivity index (χ1n) is 5.50. The fourth-order valence-corrected chi connectivity index (χ4v) is 2.41. The molecule has 19 heavy (non-hydrogen) atoms. The van der Waals surface area contributed by atoms with Gasteiger partial charge < -0.3 is 9.84 Å². The molecule has 0 bridgehead atoms. The lowest BCUT2D eigenvalue weighted by molar-refractivity contribution is 0.215. The standard InChI is InChI=1S/C14H11Cl3O2/c1-19-12-6-5-8(15)7-10(12)14(18)9-3-2-4-11(16)13(9)17/h2-7,14,18H,1H3. The van der Waals surface area contributed by atoms with E-state index in [0.29, 0.717) is 31.9 Å². The average Bonchev–Trinajstić information content (AvgIpc) is 2.41. The summed E-state index contributed by atoms with van der Waals surface area (Å²) in [6.45, 7) is 0. The fourth-order valence-electron chi connectivity index (χ4n) is 1.82. The quantitative estimate of drug-likeness (QED) is 0.886. The molecule has 2 nitrogen and oxygen atoms in total. The molecule has 0 aromatic heterocycles. The molecule has 0 aliphatic carbocycles. The molecule has 0 aliphatic heterocycles. The number of aliphatic hydroxyl groups excluding tert-OH is 1. The maximum Gasteiger partial charge on any atom is 0.125 e. The minimum atomic E-state index is -0.958. The predicted molar refractivity (Wildman–Crippen MR) is 78.5 cm³/mol. The zero-order chi connectivity index (χ0) is 14.0. The minimum Gasteiger partial charge on any atom is -0.496 e. The van der Waals surface area contributed by atoms with E-state index in [0.717, 1.165) is 0 Å². The highest BCUT2D eigenvalue weighted by Gasteiger charge is 2.19. The Morgan fingerprint density at radius 1 is 1.05 bits per heavy atom. The fraction of sp³-hybridized carbons (Fsp3) is 0.143. The maximum absolute atomic E-state index is 10.5. The number of methoxy groups -OCH3 is 1. The first-order valence-corrected chi connectivity index (χ1v) is 6.63. The van der Waals surface area contributed by atoms with Gasteiger partial charge in [-0.25, -0.2) is 0 Å². The van der Waals surface area contributed by atoms with Crippen LogP contribution in [0, 0.1) is 0 Å². The molecule has 1 unspecified atom stereocenters. The van der Waals surface area contributed by atoms with E-state index in [9.17, 15) is 5.11 Å². The third-order valence-corrected chi connectivity index (χ3v) is 3.83. The Morgan fingerprint density at radius 3 is 2.47 bits per heavy atom. The van der Waals surface area contributed by atoms with Gasteiger partial charge in [-0.3, -0.25) is 0 Å². The molecule has 2 rings (SSSR count). The van der Waals surface area contributed by atoms with Crippen molar-refractivity contribution in [3.8, 4) is 5.75 Å². The van der Waals surface area contributed by atoms with Gasteiger partial charge in [0.05, 0.1) is 17.2 Å². The van der Waals surface area contributed by atoms with Crippen LogP contribution in [0.3, 0.4) is 0 Å². The Bertz CT molecular complexity index is 599. The molecule has 2 aromatic carbocycles. The summed E-state index contributed by atoms with van der Waals surface area (Å²) in [6.07, 6.45) is -0.958. The molecule has 5 heteroatoms. The second kappa shape index (κ2) is 6.02. The van der Waals surface area contributed by atoms with Gasteiger partial charge in [-0.2, -0.15) is 0 Å². The Hall–Kier alpha value is -0.930. The molecule has 0 radical (unpaired) electrons. The van der Waals surface area contributed by atoms with Crippen LogP contribution in [0.15, 0.2) is 36.4 Å². The highest BCUT2D eigenvalue weighted by Crippen LogP contribution is 2.37. The van der Waals surface area contributed by atoms with Crippen molar-refractivity contribution in [1.82, 2.24) is 0 Å². The number of hydrogen-bond donors (Lipinski definition) is 1. The van der Waals surface area contributed by atoms with E-state index in [1.54, 1.807) is 36.4 Å². The summed E-state index contributed by atoms with van der Waals surface area (Å²) in [4.78, 5) is 0. The second-order valence-corrected chi connectivity index (χ2v) is 5.15. The van der Waals surface area contributed by atoms with Gasteiger partial charge >= 0.3 is 0 Å². The average molecular weight is 318 g/mol. The largest absolute Gasteiger partial charge is 0.496 e. The van der Waals surface area contributed by atoms with Crippen molar-refractivity contribution in [3.63, 3.8) is 0 Å². The number of benzene rings is 2. The van der Waals surface area contributed by atoms with Crippen molar-refractivity contribution in [2.75, 3.05) is 7.11 Å². The highest BCUT2D eigenvalue weighted by molar-refractivity contribution is 6.42. The summed E-state index contributed by atoms with van der Waals surface area (Å²) in [5.41, 5.74) is 1.05. The Labute approximate surface area is 126 Å². The molecule has 0 fully saturated rings. The maximum atomic E-state index is 10.5.